The molecule has 10 heteroatoms. The molecule has 3 aromatic rings. The van der Waals surface area contributed by atoms with Gasteiger partial charge in [-0.15, -0.1) is 11.3 Å². The molecule has 0 fully saturated rings. The Morgan fingerprint density at radius 2 is 1.74 bits per heavy atom. The molecule has 8 nitrogen and oxygen atoms in total. The fourth-order valence-corrected chi connectivity index (χ4v) is 5.37. The zero-order valence-corrected chi connectivity index (χ0v) is 17.2. The Bertz CT molecular complexity index is 1110. The number of H-pyrrole nitrogens is 1. The molecule has 0 saturated heterocycles. The molecule has 0 unspecified atom stereocenters. The quantitative estimate of drug-likeness (QED) is 0.689. The monoisotopic (exact) mass is 405 g/mol. The van der Waals surface area contributed by atoms with Gasteiger partial charge in [-0.1, -0.05) is 6.07 Å². The lowest BCUT2D eigenvalue weighted by molar-refractivity contribution is 0.0984. The summed E-state index contributed by atoms with van der Waals surface area (Å²) in [7, 11) is -4.03. The molecule has 0 radical (unpaired) electrons. The van der Waals surface area contributed by atoms with E-state index in [9.17, 15) is 13.2 Å². The van der Waals surface area contributed by atoms with Crippen LogP contribution in [0.15, 0.2) is 17.3 Å². The van der Waals surface area contributed by atoms with E-state index in [-0.39, 0.29) is 9.77 Å². The fourth-order valence-electron chi connectivity index (χ4n) is 2.82. The average Bonchev–Trinajstić information content (AvgIpc) is 3.21. The fraction of sp³-hybridized carbons (Fsp3) is 0.294. The van der Waals surface area contributed by atoms with Crippen molar-refractivity contribution in [2.45, 2.75) is 39.5 Å². The highest BCUT2D eigenvalue weighted by atomic mass is 32.2. The Labute approximate surface area is 161 Å². The number of rotatable bonds is 4. The maximum atomic E-state index is 12.9. The van der Waals surface area contributed by atoms with Crippen molar-refractivity contribution in [3.63, 3.8) is 0 Å². The number of aromatic amines is 1. The van der Waals surface area contributed by atoms with E-state index in [4.69, 9.17) is 0 Å². The third-order valence-corrected chi connectivity index (χ3v) is 7.18. The maximum Gasteiger partial charge on any atom is 0.277 e. The summed E-state index contributed by atoms with van der Waals surface area (Å²) in [4.78, 5) is 21.3. The molecule has 1 amide bonds. The van der Waals surface area contributed by atoms with Crippen molar-refractivity contribution in [3.05, 3.63) is 45.2 Å². The Morgan fingerprint density at radius 1 is 1.11 bits per heavy atom. The van der Waals surface area contributed by atoms with Crippen LogP contribution >= 0.6 is 11.3 Å². The molecule has 3 rings (SSSR count). The summed E-state index contributed by atoms with van der Waals surface area (Å²) in [5.41, 5.74) is 3.39. The van der Waals surface area contributed by atoms with Gasteiger partial charge in [0.05, 0.1) is 10.6 Å². The van der Waals surface area contributed by atoms with E-state index in [2.05, 4.69) is 24.9 Å². The van der Waals surface area contributed by atoms with Gasteiger partial charge < -0.3 is 0 Å². The first-order valence-corrected chi connectivity index (χ1v) is 10.4. The molecular weight excluding hydrogens is 386 g/mol. The summed E-state index contributed by atoms with van der Waals surface area (Å²) in [5.74, 6) is -0.292. The molecule has 0 aliphatic heterocycles. The normalized spacial score (nSPS) is 11.6. The molecule has 1 aromatic carbocycles. The third kappa shape index (κ3) is 3.50. The molecule has 0 aliphatic carbocycles. The van der Waals surface area contributed by atoms with Gasteiger partial charge in [-0.05, 0) is 56.9 Å². The van der Waals surface area contributed by atoms with Crippen molar-refractivity contribution in [2.75, 3.05) is 0 Å². The Kier molecular flexibility index (Phi) is 4.87. The molecule has 2 N–H and O–H groups in total. The van der Waals surface area contributed by atoms with E-state index in [1.165, 1.54) is 6.33 Å². The predicted molar refractivity (Wildman–Crippen MR) is 102 cm³/mol. The Balaban J connectivity index is 1.97. The van der Waals surface area contributed by atoms with Gasteiger partial charge in [-0.25, -0.2) is 23.1 Å². The number of benzene rings is 1. The van der Waals surface area contributed by atoms with E-state index < -0.39 is 15.9 Å². The van der Waals surface area contributed by atoms with Gasteiger partial charge >= 0.3 is 0 Å². The van der Waals surface area contributed by atoms with Crippen LogP contribution in [0.4, 0.5) is 0 Å². The molecule has 0 atom stereocenters. The number of carbonyl (C=O) groups is 1. The summed E-state index contributed by atoms with van der Waals surface area (Å²) in [6.45, 7) is 8.81. The van der Waals surface area contributed by atoms with Gasteiger partial charge in [0, 0.05) is 0 Å². The van der Waals surface area contributed by atoms with Gasteiger partial charge in [0.15, 0.2) is 10.8 Å². The van der Waals surface area contributed by atoms with E-state index in [0.717, 1.165) is 22.5 Å². The number of thiazole rings is 1. The predicted octanol–water partition coefficient (Wildman–Crippen LogP) is 2.59. The molecule has 142 valence electrons. The Morgan fingerprint density at radius 3 is 2.30 bits per heavy atom. The smallest absolute Gasteiger partial charge is 0.267 e. The van der Waals surface area contributed by atoms with Gasteiger partial charge in [-0.3, -0.25) is 9.89 Å². The minimum atomic E-state index is -4.03. The molecule has 0 spiro atoms. The van der Waals surface area contributed by atoms with Crippen molar-refractivity contribution in [1.82, 2.24) is 24.9 Å². The summed E-state index contributed by atoms with van der Waals surface area (Å²) >= 11 is 1.05. The summed E-state index contributed by atoms with van der Waals surface area (Å²) in [6, 6.07) is 1.93. The summed E-state index contributed by atoms with van der Waals surface area (Å²) < 4.78 is 28.0. The minimum Gasteiger partial charge on any atom is -0.267 e. The zero-order chi connectivity index (χ0) is 19.9. The van der Waals surface area contributed by atoms with Crippen molar-refractivity contribution in [1.29, 1.82) is 0 Å². The van der Waals surface area contributed by atoms with E-state index in [1.807, 2.05) is 19.9 Å². The van der Waals surface area contributed by atoms with Crippen LogP contribution in [-0.2, 0) is 10.0 Å². The van der Waals surface area contributed by atoms with Crippen molar-refractivity contribution in [3.8, 4) is 10.8 Å². The lowest BCUT2D eigenvalue weighted by Gasteiger charge is -2.16. The van der Waals surface area contributed by atoms with Crippen molar-refractivity contribution >= 4 is 27.3 Å². The van der Waals surface area contributed by atoms with Crippen molar-refractivity contribution in [2.24, 2.45) is 0 Å². The highest BCUT2D eigenvalue weighted by molar-refractivity contribution is 7.90. The zero-order valence-electron chi connectivity index (χ0n) is 15.5. The molecule has 0 aliphatic rings. The molecule has 2 aromatic heterocycles. The van der Waals surface area contributed by atoms with Gasteiger partial charge in [-0.2, -0.15) is 5.10 Å². The summed E-state index contributed by atoms with van der Waals surface area (Å²) in [6.07, 6.45) is 1.34. The number of amides is 1. The van der Waals surface area contributed by atoms with Crippen LogP contribution in [0.25, 0.3) is 10.8 Å². The van der Waals surface area contributed by atoms with Crippen LogP contribution in [0.1, 0.15) is 37.6 Å². The van der Waals surface area contributed by atoms with E-state index >= 15 is 0 Å². The highest BCUT2D eigenvalue weighted by Gasteiger charge is 2.27. The lowest BCUT2D eigenvalue weighted by Crippen LogP contribution is -2.31. The standard InChI is InChI=1S/C17H19N5O3S2/c1-8-6-9(2)11(4)14(10(8)3)27(24,25)22-16(23)13-12(5)20-17(26-13)15-18-7-19-21-15/h6-7H,1-5H3,(H,22,23)(H,18,19,21). The number of nitrogens with one attached hydrogen (secondary N) is 2. The summed E-state index contributed by atoms with van der Waals surface area (Å²) in [5, 5.41) is 6.89. The molecule has 0 saturated carbocycles. The maximum absolute atomic E-state index is 12.9. The second-order valence-electron chi connectivity index (χ2n) is 6.29. The van der Waals surface area contributed by atoms with Crippen LogP contribution in [0.3, 0.4) is 0 Å². The first-order valence-electron chi connectivity index (χ1n) is 8.09. The first-order chi connectivity index (χ1) is 12.6. The third-order valence-electron chi connectivity index (χ3n) is 4.41. The van der Waals surface area contributed by atoms with Crippen LogP contribution < -0.4 is 4.72 Å². The largest absolute Gasteiger partial charge is 0.277 e. The minimum absolute atomic E-state index is 0.144. The van der Waals surface area contributed by atoms with Gasteiger partial charge in [0.25, 0.3) is 15.9 Å². The average molecular weight is 406 g/mol. The Hall–Kier alpha value is -2.59. The van der Waals surface area contributed by atoms with Crippen LogP contribution in [0.2, 0.25) is 0 Å². The van der Waals surface area contributed by atoms with Gasteiger partial charge in [0.2, 0.25) is 0 Å². The first kappa shape index (κ1) is 19.2. The molecule has 0 bridgehead atoms. The van der Waals surface area contributed by atoms with Crippen LogP contribution in [0.5, 0.6) is 0 Å². The number of aromatic nitrogens is 4. The van der Waals surface area contributed by atoms with Crippen LogP contribution in [-0.4, -0.2) is 34.5 Å². The second-order valence-corrected chi connectivity index (χ2v) is 8.91. The topological polar surface area (TPSA) is 118 Å². The van der Waals surface area contributed by atoms with Crippen molar-refractivity contribution < 1.29 is 13.2 Å². The second kappa shape index (κ2) is 6.86. The molecule has 27 heavy (non-hydrogen) atoms. The lowest BCUT2D eigenvalue weighted by atomic mass is 10.0. The SMILES string of the molecule is Cc1cc(C)c(C)c(S(=O)(=O)NC(=O)c2sc(-c3ncn[nH]3)nc2C)c1C. The molecular formula is C17H19N5O3S2. The number of sulfonamides is 1. The van der Waals surface area contributed by atoms with Crippen LogP contribution in [0, 0.1) is 34.6 Å². The number of carbonyl (C=O) groups excluding carboxylic acids is 1. The van der Waals surface area contributed by atoms with E-state index in [0.29, 0.717) is 27.7 Å². The number of hydrogen-bond donors (Lipinski definition) is 2. The number of aryl methyl sites for hydroxylation is 3. The van der Waals surface area contributed by atoms with E-state index in [1.54, 1.807) is 20.8 Å². The molecule has 2 heterocycles. The van der Waals surface area contributed by atoms with Gasteiger partial charge in [0.1, 0.15) is 11.2 Å². The number of nitrogens with zero attached hydrogens (tertiary/aromatic N) is 3. The highest BCUT2D eigenvalue weighted by Crippen LogP contribution is 2.28. The number of hydrogen-bond acceptors (Lipinski definition) is 7.